The van der Waals surface area contributed by atoms with E-state index >= 15 is 0 Å². The Kier molecular flexibility index (Phi) is 4.79. The number of benzene rings is 1. The fraction of sp³-hybridized carbons (Fsp3) is 0.417. The van der Waals surface area contributed by atoms with Crippen LogP contribution in [0.25, 0.3) is 0 Å². The molecule has 0 fully saturated rings. The van der Waals surface area contributed by atoms with Crippen LogP contribution < -0.4 is 16.0 Å². The Morgan fingerprint density at radius 1 is 1.38 bits per heavy atom. The van der Waals surface area contributed by atoms with Crippen molar-refractivity contribution in [1.29, 1.82) is 0 Å². The smallest absolute Gasteiger partial charge is 0.236 e. The van der Waals surface area contributed by atoms with Crippen molar-refractivity contribution in [3.05, 3.63) is 29.8 Å². The maximum Gasteiger partial charge on any atom is 0.236 e. The molecule has 0 unspecified atom stereocenters. The molecular weight excluding hydrogens is 202 g/mol. The Balaban J connectivity index is 2.73. The van der Waals surface area contributed by atoms with E-state index in [1.807, 2.05) is 31.0 Å². The van der Waals surface area contributed by atoms with Gasteiger partial charge in [0.25, 0.3) is 0 Å². The average Bonchev–Trinajstić information content (AvgIpc) is 2.27. The lowest BCUT2D eigenvalue weighted by atomic mass is 10.2. The summed E-state index contributed by atoms with van der Waals surface area (Å²) in [7, 11) is 1.92. The molecule has 3 N–H and O–H groups in total. The molecular formula is C12H19N3O. The topological polar surface area (TPSA) is 58.4 Å². The van der Waals surface area contributed by atoms with Gasteiger partial charge in [0, 0.05) is 18.8 Å². The lowest BCUT2D eigenvalue weighted by Gasteiger charge is -2.21. The Morgan fingerprint density at radius 3 is 2.44 bits per heavy atom. The standard InChI is InChI=1S/C12H19N3O/c1-3-15(9-12(13)16)11-6-4-10(5-7-11)8-14-2/h4-7,14H,3,8-9H2,1-2H3,(H2,13,16). The third-order valence-corrected chi connectivity index (χ3v) is 2.41. The molecule has 4 heteroatoms. The first-order valence-corrected chi connectivity index (χ1v) is 5.44. The first-order valence-electron chi connectivity index (χ1n) is 5.44. The number of nitrogens with one attached hydrogen (secondary N) is 1. The summed E-state index contributed by atoms with van der Waals surface area (Å²) < 4.78 is 0. The molecule has 1 amide bonds. The van der Waals surface area contributed by atoms with E-state index in [2.05, 4.69) is 17.4 Å². The quantitative estimate of drug-likeness (QED) is 0.744. The Bertz CT molecular complexity index is 335. The van der Waals surface area contributed by atoms with Crippen molar-refractivity contribution in [3.8, 4) is 0 Å². The van der Waals surface area contributed by atoms with Gasteiger partial charge < -0.3 is 16.0 Å². The van der Waals surface area contributed by atoms with Gasteiger partial charge in [-0.3, -0.25) is 4.79 Å². The summed E-state index contributed by atoms with van der Waals surface area (Å²) in [4.78, 5) is 12.8. The monoisotopic (exact) mass is 221 g/mol. The second kappa shape index (κ2) is 6.12. The number of hydrogen-bond donors (Lipinski definition) is 2. The van der Waals surface area contributed by atoms with Gasteiger partial charge >= 0.3 is 0 Å². The van der Waals surface area contributed by atoms with E-state index in [0.717, 1.165) is 18.8 Å². The molecule has 0 atom stereocenters. The highest BCUT2D eigenvalue weighted by atomic mass is 16.1. The minimum absolute atomic E-state index is 0.266. The predicted octanol–water partition coefficient (Wildman–Crippen LogP) is 0.718. The maximum absolute atomic E-state index is 10.9. The minimum atomic E-state index is -0.304. The summed E-state index contributed by atoms with van der Waals surface area (Å²) in [5, 5.41) is 3.09. The van der Waals surface area contributed by atoms with Crippen LogP contribution in [0.4, 0.5) is 5.69 Å². The summed E-state index contributed by atoms with van der Waals surface area (Å²) >= 11 is 0. The highest BCUT2D eigenvalue weighted by Crippen LogP contribution is 2.14. The van der Waals surface area contributed by atoms with E-state index < -0.39 is 0 Å². The van der Waals surface area contributed by atoms with Crippen LogP contribution in [0.1, 0.15) is 12.5 Å². The second-order valence-electron chi connectivity index (χ2n) is 3.68. The zero-order valence-corrected chi connectivity index (χ0v) is 9.86. The summed E-state index contributed by atoms with van der Waals surface area (Å²) in [6.07, 6.45) is 0. The molecule has 0 aliphatic carbocycles. The molecule has 0 bridgehead atoms. The van der Waals surface area contributed by atoms with Crippen molar-refractivity contribution in [1.82, 2.24) is 5.32 Å². The van der Waals surface area contributed by atoms with Gasteiger partial charge in [0.2, 0.25) is 5.91 Å². The van der Waals surface area contributed by atoms with Crippen molar-refractivity contribution < 1.29 is 4.79 Å². The number of amides is 1. The molecule has 16 heavy (non-hydrogen) atoms. The molecule has 0 radical (unpaired) electrons. The van der Waals surface area contributed by atoms with Gasteiger partial charge in [-0.25, -0.2) is 0 Å². The number of nitrogens with two attached hydrogens (primary N) is 1. The van der Waals surface area contributed by atoms with E-state index in [4.69, 9.17) is 5.73 Å². The minimum Gasteiger partial charge on any atom is -0.368 e. The summed E-state index contributed by atoms with van der Waals surface area (Å²) in [5.41, 5.74) is 7.45. The molecule has 0 aliphatic heterocycles. The molecule has 0 aliphatic rings. The van der Waals surface area contributed by atoms with Gasteiger partial charge in [-0.2, -0.15) is 0 Å². The molecule has 0 saturated carbocycles. The summed E-state index contributed by atoms with van der Waals surface area (Å²) in [5.74, 6) is -0.304. The van der Waals surface area contributed by atoms with Gasteiger partial charge in [0.05, 0.1) is 6.54 Å². The van der Waals surface area contributed by atoms with Gasteiger partial charge in [0.1, 0.15) is 0 Å². The summed E-state index contributed by atoms with van der Waals surface area (Å²) in [6, 6.07) is 8.13. The van der Waals surface area contributed by atoms with E-state index in [0.29, 0.717) is 0 Å². The Morgan fingerprint density at radius 2 is 2.00 bits per heavy atom. The largest absolute Gasteiger partial charge is 0.368 e. The third-order valence-electron chi connectivity index (χ3n) is 2.41. The van der Waals surface area contributed by atoms with Crippen LogP contribution in [0, 0.1) is 0 Å². The number of rotatable bonds is 6. The van der Waals surface area contributed by atoms with Crippen molar-refractivity contribution in [3.63, 3.8) is 0 Å². The van der Waals surface area contributed by atoms with Crippen LogP contribution in [0.3, 0.4) is 0 Å². The van der Waals surface area contributed by atoms with Crippen molar-refractivity contribution >= 4 is 11.6 Å². The first kappa shape index (κ1) is 12.5. The van der Waals surface area contributed by atoms with Crippen LogP contribution in [0.15, 0.2) is 24.3 Å². The molecule has 1 aromatic carbocycles. The predicted molar refractivity (Wildman–Crippen MR) is 66.3 cm³/mol. The van der Waals surface area contributed by atoms with Crippen LogP contribution >= 0.6 is 0 Å². The zero-order chi connectivity index (χ0) is 12.0. The Labute approximate surface area is 96.4 Å². The Hall–Kier alpha value is -1.55. The highest BCUT2D eigenvalue weighted by Gasteiger charge is 2.06. The zero-order valence-electron chi connectivity index (χ0n) is 9.86. The molecule has 0 aromatic heterocycles. The van der Waals surface area contributed by atoms with E-state index in [1.54, 1.807) is 0 Å². The lowest BCUT2D eigenvalue weighted by molar-refractivity contribution is -0.116. The number of carbonyl (C=O) groups is 1. The van der Waals surface area contributed by atoms with Crippen LogP contribution in [-0.4, -0.2) is 26.0 Å². The van der Waals surface area contributed by atoms with Crippen molar-refractivity contribution in [2.24, 2.45) is 5.73 Å². The second-order valence-corrected chi connectivity index (χ2v) is 3.68. The fourth-order valence-electron chi connectivity index (χ4n) is 1.60. The molecule has 88 valence electrons. The number of hydrogen-bond acceptors (Lipinski definition) is 3. The maximum atomic E-state index is 10.9. The fourth-order valence-corrected chi connectivity index (χ4v) is 1.60. The van der Waals surface area contributed by atoms with Crippen LogP contribution in [0.2, 0.25) is 0 Å². The van der Waals surface area contributed by atoms with Gasteiger partial charge in [-0.05, 0) is 31.7 Å². The van der Waals surface area contributed by atoms with Gasteiger partial charge in [-0.1, -0.05) is 12.1 Å². The number of likely N-dealkylation sites (N-methyl/N-ethyl adjacent to an activating group) is 1. The number of carbonyl (C=O) groups excluding carboxylic acids is 1. The SMILES string of the molecule is CCN(CC(N)=O)c1ccc(CNC)cc1. The number of primary amides is 1. The molecule has 1 aromatic rings. The summed E-state index contributed by atoms with van der Waals surface area (Å²) in [6.45, 7) is 3.89. The third kappa shape index (κ3) is 3.55. The van der Waals surface area contributed by atoms with Crippen molar-refractivity contribution in [2.75, 3.05) is 25.0 Å². The van der Waals surface area contributed by atoms with Gasteiger partial charge in [-0.15, -0.1) is 0 Å². The van der Waals surface area contributed by atoms with Gasteiger partial charge in [0.15, 0.2) is 0 Å². The van der Waals surface area contributed by atoms with Crippen LogP contribution in [-0.2, 0) is 11.3 Å². The van der Waals surface area contributed by atoms with Crippen molar-refractivity contribution in [2.45, 2.75) is 13.5 Å². The number of anilines is 1. The molecule has 4 nitrogen and oxygen atoms in total. The average molecular weight is 221 g/mol. The lowest BCUT2D eigenvalue weighted by Crippen LogP contribution is -2.33. The highest BCUT2D eigenvalue weighted by molar-refractivity contribution is 5.79. The molecule has 0 heterocycles. The van der Waals surface area contributed by atoms with E-state index in [1.165, 1.54) is 5.56 Å². The number of nitrogens with zero attached hydrogens (tertiary/aromatic N) is 1. The van der Waals surface area contributed by atoms with E-state index in [9.17, 15) is 4.79 Å². The van der Waals surface area contributed by atoms with E-state index in [-0.39, 0.29) is 12.5 Å². The normalized spacial score (nSPS) is 10.1. The molecule has 1 rings (SSSR count). The molecule has 0 saturated heterocycles. The van der Waals surface area contributed by atoms with Crippen LogP contribution in [0.5, 0.6) is 0 Å². The molecule has 0 spiro atoms. The first-order chi connectivity index (χ1) is 7.67.